The van der Waals surface area contributed by atoms with Crippen LogP contribution in [0.3, 0.4) is 0 Å². The molecule has 0 atom stereocenters. The molecule has 2 nitrogen and oxygen atoms in total. The first kappa shape index (κ1) is 14.9. The number of nitrogens with zero attached hydrogens (tertiary/aromatic N) is 1. The molecule has 6 heteroatoms. The number of ether oxygens (including phenoxy) is 1. The lowest BCUT2D eigenvalue weighted by atomic mass is 10.1. The van der Waals surface area contributed by atoms with Gasteiger partial charge in [-0.05, 0) is 36.6 Å². The van der Waals surface area contributed by atoms with Crippen molar-refractivity contribution < 1.29 is 17.9 Å². The highest BCUT2D eigenvalue weighted by molar-refractivity contribution is 6.35. The molecule has 0 bridgehead atoms. The number of fused-ring (bicyclic) bond motifs is 1. The molecule has 20 heavy (non-hydrogen) atoms. The Bertz CT molecular complexity index is 626. The summed E-state index contributed by atoms with van der Waals surface area (Å²) in [6, 6.07) is 5.64. The zero-order valence-electron chi connectivity index (χ0n) is 11.0. The lowest BCUT2D eigenvalue weighted by Crippen LogP contribution is -2.17. The third kappa shape index (κ3) is 3.76. The van der Waals surface area contributed by atoms with Gasteiger partial charge in [-0.2, -0.15) is 0 Å². The van der Waals surface area contributed by atoms with Gasteiger partial charge in [-0.1, -0.05) is 25.4 Å². The predicted octanol–water partition coefficient (Wildman–Crippen LogP) is 4.99. The molecular weight excluding hydrogens is 291 g/mol. The standard InChI is InChI=1S/C14H13ClF3NO/c1-8(2)5-9-6-12(15)11-7-10(20-14(16,17)18)3-4-13(11)19-9/h3-4,6-8H,5H2,1-2H3. The Morgan fingerprint density at radius 3 is 2.55 bits per heavy atom. The van der Waals surface area contributed by atoms with E-state index in [1.165, 1.54) is 18.2 Å². The number of benzene rings is 1. The summed E-state index contributed by atoms with van der Waals surface area (Å²) in [5, 5.41) is 0.819. The summed E-state index contributed by atoms with van der Waals surface area (Å²) in [7, 11) is 0. The van der Waals surface area contributed by atoms with E-state index >= 15 is 0 Å². The van der Waals surface area contributed by atoms with E-state index in [0.29, 0.717) is 21.8 Å². The SMILES string of the molecule is CC(C)Cc1cc(Cl)c2cc(OC(F)(F)F)ccc2n1. The van der Waals surface area contributed by atoms with E-state index in [0.717, 1.165) is 12.1 Å². The highest BCUT2D eigenvalue weighted by Crippen LogP contribution is 2.30. The second-order valence-corrected chi connectivity index (χ2v) is 5.33. The second kappa shape index (κ2) is 5.48. The number of aromatic nitrogens is 1. The normalized spacial score (nSPS) is 12.2. The number of pyridine rings is 1. The van der Waals surface area contributed by atoms with Gasteiger partial charge in [-0.3, -0.25) is 4.98 Å². The van der Waals surface area contributed by atoms with Crippen LogP contribution >= 0.6 is 11.6 Å². The average molecular weight is 304 g/mol. The second-order valence-electron chi connectivity index (χ2n) is 4.92. The van der Waals surface area contributed by atoms with Crippen LogP contribution in [0, 0.1) is 5.92 Å². The fourth-order valence-corrected chi connectivity index (χ4v) is 2.21. The van der Waals surface area contributed by atoms with Crippen LogP contribution in [0.1, 0.15) is 19.5 Å². The number of halogens is 4. The minimum Gasteiger partial charge on any atom is -0.406 e. The molecule has 0 N–H and O–H groups in total. The first-order valence-corrected chi connectivity index (χ1v) is 6.47. The number of rotatable bonds is 3. The summed E-state index contributed by atoms with van der Waals surface area (Å²) in [6.07, 6.45) is -3.96. The Morgan fingerprint density at radius 1 is 1.25 bits per heavy atom. The monoisotopic (exact) mass is 303 g/mol. The molecule has 108 valence electrons. The van der Waals surface area contributed by atoms with Crippen molar-refractivity contribution in [2.45, 2.75) is 26.6 Å². The predicted molar refractivity (Wildman–Crippen MR) is 72.0 cm³/mol. The van der Waals surface area contributed by atoms with Gasteiger partial charge >= 0.3 is 6.36 Å². The molecule has 1 aromatic heterocycles. The van der Waals surface area contributed by atoms with Crippen molar-refractivity contribution in [2.75, 3.05) is 0 Å². The van der Waals surface area contributed by atoms with Gasteiger partial charge in [0.15, 0.2) is 0 Å². The molecule has 0 radical (unpaired) electrons. The summed E-state index contributed by atoms with van der Waals surface area (Å²) in [6.45, 7) is 4.11. The van der Waals surface area contributed by atoms with Crippen LogP contribution in [-0.2, 0) is 6.42 Å². The van der Waals surface area contributed by atoms with Crippen LogP contribution in [0.4, 0.5) is 13.2 Å². The Balaban J connectivity index is 2.41. The maximum atomic E-state index is 12.2. The van der Waals surface area contributed by atoms with Gasteiger partial charge in [0.05, 0.1) is 10.5 Å². The van der Waals surface area contributed by atoms with E-state index < -0.39 is 6.36 Å². The molecule has 2 rings (SSSR count). The van der Waals surface area contributed by atoms with Crippen molar-refractivity contribution in [2.24, 2.45) is 5.92 Å². The lowest BCUT2D eigenvalue weighted by Gasteiger charge is -2.11. The van der Waals surface area contributed by atoms with Gasteiger partial charge in [0, 0.05) is 11.1 Å². The summed E-state index contributed by atoms with van der Waals surface area (Å²) in [5.74, 6) is 0.120. The van der Waals surface area contributed by atoms with Crippen LogP contribution in [0.5, 0.6) is 5.75 Å². The van der Waals surface area contributed by atoms with Crippen LogP contribution in [0.2, 0.25) is 5.02 Å². The smallest absolute Gasteiger partial charge is 0.406 e. The van der Waals surface area contributed by atoms with Gasteiger partial charge in [0.1, 0.15) is 5.75 Å². The Kier molecular flexibility index (Phi) is 4.09. The average Bonchev–Trinajstić information content (AvgIpc) is 2.27. The van der Waals surface area contributed by atoms with Gasteiger partial charge < -0.3 is 4.74 Å². The Labute approximate surface area is 119 Å². The van der Waals surface area contributed by atoms with Gasteiger partial charge in [0.2, 0.25) is 0 Å². The minimum atomic E-state index is -4.72. The molecule has 0 aliphatic rings. The minimum absolute atomic E-state index is 0.301. The van der Waals surface area contributed by atoms with Crippen LogP contribution in [0.15, 0.2) is 24.3 Å². The highest BCUT2D eigenvalue weighted by Gasteiger charge is 2.31. The molecule has 0 aliphatic carbocycles. The van der Waals surface area contributed by atoms with Crippen LogP contribution < -0.4 is 4.74 Å². The molecule has 2 aromatic rings. The van der Waals surface area contributed by atoms with E-state index in [2.05, 4.69) is 23.6 Å². The molecule has 0 spiro atoms. The Hall–Kier alpha value is -1.49. The van der Waals surface area contributed by atoms with Crippen LogP contribution in [-0.4, -0.2) is 11.3 Å². The van der Waals surface area contributed by atoms with Crippen molar-refractivity contribution in [3.63, 3.8) is 0 Å². The molecule has 1 aromatic carbocycles. The van der Waals surface area contributed by atoms with Gasteiger partial charge in [-0.25, -0.2) is 0 Å². The van der Waals surface area contributed by atoms with Gasteiger partial charge in [0.25, 0.3) is 0 Å². The topological polar surface area (TPSA) is 22.1 Å². The fourth-order valence-electron chi connectivity index (χ4n) is 1.93. The molecular formula is C14H13ClF3NO. The van der Waals surface area contributed by atoms with Crippen molar-refractivity contribution in [3.05, 3.63) is 35.0 Å². The molecule has 0 aliphatic heterocycles. The summed E-state index contributed by atoms with van der Waals surface area (Å²) in [4.78, 5) is 4.39. The van der Waals surface area contributed by atoms with Crippen molar-refractivity contribution in [1.29, 1.82) is 0 Å². The zero-order chi connectivity index (χ0) is 14.9. The maximum Gasteiger partial charge on any atom is 0.573 e. The van der Waals surface area contributed by atoms with E-state index in [4.69, 9.17) is 11.6 Å². The summed E-state index contributed by atoms with van der Waals surface area (Å²) in [5.41, 5.74) is 1.38. The van der Waals surface area contributed by atoms with Crippen LogP contribution in [0.25, 0.3) is 10.9 Å². The first-order chi connectivity index (χ1) is 9.24. The molecule has 0 unspecified atom stereocenters. The third-order valence-electron chi connectivity index (χ3n) is 2.63. The van der Waals surface area contributed by atoms with E-state index in [-0.39, 0.29) is 5.75 Å². The summed E-state index contributed by atoms with van der Waals surface area (Å²) < 4.78 is 40.4. The fraction of sp³-hybridized carbons (Fsp3) is 0.357. The van der Waals surface area contributed by atoms with E-state index in [9.17, 15) is 13.2 Å². The third-order valence-corrected chi connectivity index (χ3v) is 2.95. The molecule has 0 fully saturated rings. The van der Waals surface area contributed by atoms with Crippen molar-refractivity contribution in [3.8, 4) is 5.75 Å². The largest absolute Gasteiger partial charge is 0.573 e. The number of hydrogen-bond acceptors (Lipinski definition) is 2. The lowest BCUT2D eigenvalue weighted by molar-refractivity contribution is -0.274. The van der Waals surface area contributed by atoms with Gasteiger partial charge in [-0.15, -0.1) is 13.2 Å². The molecule has 0 saturated heterocycles. The number of alkyl halides is 3. The van der Waals surface area contributed by atoms with E-state index in [1.54, 1.807) is 6.07 Å². The number of hydrogen-bond donors (Lipinski definition) is 0. The quantitative estimate of drug-likeness (QED) is 0.797. The van der Waals surface area contributed by atoms with E-state index in [1.807, 2.05) is 0 Å². The van der Waals surface area contributed by atoms with Crippen molar-refractivity contribution >= 4 is 22.5 Å². The molecule has 0 amide bonds. The summed E-state index contributed by atoms with van der Waals surface area (Å²) >= 11 is 6.11. The molecule has 0 saturated carbocycles. The zero-order valence-corrected chi connectivity index (χ0v) is 11.7. The highest BCUT2D eigenvalue weighted by atomic mass is 35.5. The first-order valence-electron chi connectivity index (χ1n) is 6.09. The van der Waals surface area contributed by atoms with Crippen molar-refractivity contribution in [1.82, 2.24) is 4.98 Å². The maximum absolute atomic E-state index is 12.2. The Morgan fingerprint density at radius 2 is 1.95 bits per heavy atom. The molecule has 1 heterocycles.